The summed E-state index contributed by atoms with van der Waals surface area (Å²) in [5.74, 6) is 2.46. The minimum atomic E-state index is 0.0190. The molecule has 1 aliphatic carbocycles. The molecule has 2 saturated heterocycles. The zero-order valence-corrected chi connectivity index (χ0v) is 17.3. The Balaban J connectivity index is 1.31. The lowest BCUT2D eigenvalue weighted by atomic mass is 10.1. The number of methoxy groups -OCH3 is 1. The van der Waals surface area contributed by atoms with Crippen molar-refractivity contribution in [2.24, 2.45) is 5.92 Å². The zero-order valence-electron chi connectivity index (χ0n) is 17.3. The number of rotatable bonds is 7. The second-order valence-electron chi connectivity index (χ2n) is 8.24. The Kier molecular flexibility index (Phi) is 6.72. The summed E-state index contributed by atoms with van der Waals surface area (Å²) >= 11 is 0. The van der Waals surface area contributed by atoms with E-state index in [0.717, 1.165) is 43.2 Å². The van der Waals surface area contributed by atoms with E-state index in [1.54, 1.807) is 13.2 Å². The van der Waals surface area contributed by atoms with Gasteiger partial charge in [-0.15, -0.1) is 0 Å². The molecule has 3 aliphatic rings. The van der Waals surface area contributed by atoms with Crippen molar-refractivity contribution in [2.75, 3.05) is 53.0 Å². The van der Waals surface area contributed by atoms with E-state index < -0.39 is 0 Å². The van der Waals surface area contributed by atoms with Crippen molar-refractivity contribution in [1.29, 1.82) is 0 Å². The third kappa shape index (κ3) is 5.73. The van der Waals surface area contributed by atoms with Gasteiger partial charge in [0.05, 0.1) is 20.3 Å². The van der Waals surface area contributed by atoms with E-state index in [0.29, 0.717) is 32.1 Å². The highest BCUT2D eigenvalue weighted by atomic mass is 16.5. The largest absolute Gasteiger partial charge is 0.493 e. The molecule has 0 atom stereocenters. The van der Waals surface area contributed by atoms with Crippen molar-refractivity contribution in [1.82, 2.24) is 9.80 Å². The van der Waals surface area contributed by atoms with Crippen molar-refractivity contribution in [3.8, 4) is 11.5 Å². The normalized spacial score (nSPS) is 21.5. The van der Waals surface area contributed by atoms with Crippen LogP contribution in [0.3, 0.4) is 0 Å². The lowest BCUT2D eigenvalue weighted by molar-refractivity contribution is -0.129. The standard InChI is InChI=1S/C23H32N2O4/c1-27-22-16-18(5-7-23(26)25-12-14-28-15-13-25)4-6-21(22)29-20-8-10-24(11-9-20)17-19-2-3-19/h4-7,16,19-20H,2-3,8-15,17H2,1H3/b7-5+. The van der Waals surface area contributed by atoms with Crippen LogP contribution in [0.2, 0.25) is 0 Å². The first-order valence-electron chi connectivity index (χ1n) is 10.8. The molecule has 1 amide bonds. The van der Waals surface area contributed by atoms with Gasteiger partial charge in [0.25, 0.3) is 0 Å². The number of ether oxygens (including phenoxy) is 3. The molecule has 6 heteroatoms. The highest BCUT2D eigenvalue weighted by Gasteiger charge is 2.28. The Morgan fingerprint density at radius 1 is 1.10 bits per heavy atom. The Labute approximate surface area is 173 Å². The van der Waals surface area contributed by atoms with Gasteiger partial charge in [0.15, 0.2) is 11.5 Å². The van der Waals surface area contributed by atoms with E-state index in [1.165, 1.54) is 19.4 Å². The van der Waals surface area contributed by atoms with Gasteiger partial charge in [-0.2, -0.15) is 0 Å². The van der Waals surface area contributed by atoms with E-state index in [-0.39, 0.29) is 12.0 Å². The molecule has 0 radical (unpaired) electrons. The summed E-state index contributed by atoms with van der Waals surface area (Å²) in [4.78, 5) is 16.7. The molecule has 6 nitrogen and oxygen atoms in total. The van der Waals surface area contributed by atoms with Crippen LogP contribution in [0.4, 0.5) is 0 Å². The van der Waals surface area contributed by atoms with Crippen LogP contribution in [0.15, 0.2) is 24.3 Å². The van der Waals surface area contributed by atoms with E-state index in [4.69, 9.17) is 14.2 Å². The maximum absolute atomic E-state index is 12.3. The average molecular weight is 401 g/mol. The molecule has 4 rings (SSSR count). The number of piperidine rings is 1. The lowest BCUT2D eigenvalue weighted by Gasteiger charge is -2.32. The summed E-state index contributed by atoms with van der Waals surface area (Å²) in [6, 6.07) is 5.86. The molecule has 0 spiro atoms. The van der Waals surface area contributed by atoms with Gasteiger partial charge in [-0.1, -0.05) is 6.07 Å². The fourth-order valence-corrected chi connectivity index (χ4v) is 4.00. The van der Waals surface area contributed by atoms with E-state index in [2.05, 4.69) is 4.90 Å². The van der Waals surface area contributed by atoms with Crippen molar-refractivity contribution in [3.63, 3.8) is 0 Å². The molecular weight excluding hydrogens is 368 g/mol. The summed E-state index contributed by atoms with van der Waals surface area (Å²) in [6.45, 7) is 6.03. The number of carbonyl (C=O) groups excluding carboxylic acids is 1. The number of hydrogen-bond donors (Lipinski definition) is 0. The molecular formula is C23H32N2O4. The number of hydrogen-bond acceptors (Lipinski definition) is 5. The van der Waals surface area contributed by atoms with Crippen molar-refractivity contribution in [3.05, 3.63) is 29.8 Å². The minimum Gasteiger partial charge on any atom is -0.493 e. The number of morpholine rings is 1. The predicted molar refractivity (Wildman–Crippen MR) is 112 cm³/mol. The first-order valence-corrected chi connectivity index (χ1v) is 10.8. The van der Waals surface area contributed by atoms with E-state index >= 15 is 0 Å². The molecule has 2 aliphatic heterocycles. The summed E-state index contributed by atoms with van der Waals surface area (Å²) in [5, 5.41) is 0. The smallest absolute Gasteiger partial charge is 0.246 e. The second kappa shape index (κ2) is 9.63. The van der Waals surface area contributed by atoms with Gasteiger partial charge in [-0.25, -0.2) is 0 Å². The number of benzene rings is 1. The van der Waals surface area contributed by atoms with Crippen LogP contribution in [0.5, 0.6) is 11.5 Å². The number of amides is 1. The average Bonchev–Trinajstić information content (AvgIpc) is 3.58. The molecule has 1 aromatic carbocycles. The molecule has 2 heterocycles. The van der Waals surface area contributed by atoms with E-state index in [1.807, 2.05) is 29.2 Å². The van der Waals surface area contributed by atoms with Crippen LogP contribution in [-0.2, 0) is 9.53 Å². The molecule has 158 valence electrons. The summed E-state index contributed by atoms with van der Waals surface area (Å²) in [5.41, 5.74) is 0.926. The number of nitrogens with zero attached hydrogens (tertiary/aromatic N) is 2. The molecule has 0 unspecified atom stereocenters. The van der Waals surface area contributed by atoms with Gasteiger partial charge in [0.2, 0.25) is 5.91 Å². The van der Waals surface area contributed by atoms with Crippen LogP contribution < -0.4 is 9.47 Å². The highest BCUT2D eigenvalue weighted by Crippen LogP contribution is 2.33. The fourth-order valence-electron chi connectivity index (χ4n) is 4.00. The third-order valence-corrected chi connectivity index (χ3v) is 5.97. The zero-order chi connectivity index (χ0) is 20.1. The SMILES string of the molecule is COc1cc(/C=C/C(=O)N2CCOCC2)ccc1OC1CCN(CC2CC2)CC1. The summed E-state index contributed by atoms with van der Waals surface area (Å²) in [7, 11) is 1.66. The lowest BCUT2D eigenvalue weighted by Crippen LogP contribution is -2.39. The van der Waals surface area contributed by atoms with Crippen molar-refractivity contribution < 1.29 is 19.0 Å². The molecule has 1 aromatic rings. The van der Waals surface area contributed by atoms with Crippen LogP contribution in [0.25, 0.3) is 6.08 Å². The monoisotopic (exact) mass is 400 g/mol. The first kappa shape index (κ1) is 20.2. The highest BCUT2D eigenvalue weighted by molar-refractivity contribution is 5.91. The van der Waals surface area contributed by atoms with Gasteiger partial charge in [0, 0.05) is 38.8 Å². The summed E-state index contributed by atoms with van der Waals surface area (Å²) in [6.07, 6.45) is 8.64. The predicted octanol–water partition coefficient (Wildman–Crippen LogP) is 2.82. The Morgan fingerprint density at radius 2 is 1.86 bits per heavy atom. The number of likely N-dealkylation sites (tertiary alicyclic amines) is 1. The van der Waals surface area contributed by atoms with Gasteiger partial charge >= 0.3 is 0 Å². The third-order valence-electron chi connectivity index (χ3n) is 5.97. The van der Waals surface area contributed by atoms with Gasteiger partial charge in [-0.05, 0) is 55.4 Å². The maximum atomic E-state index is 12.3. The molecule has 0 aromatic heterocycles. The first-order chi connectivity index (χ1) is 14.2. The molecule has 0 N–H and O–H groups in total. The fraction of sp³-hybridized carbons (Fsp3) is 0.609. The van der Waals surface area contributed by atoms with E-state index in [9.17, 15) is 4.79 Å². The second-order valence-corrected chi connectivity index (χ2v) is 8.24. The van der Waals surface area contributed by atoms with Gasteiger partial charge in [0.1, 0.15) is 6.10 Å². The van der Waals surface area contributed by atoms with Crippen LogP contribution >= 0.6 is 0 Å². The molecule has 1 saturated carbocycles. The Morgan fingerprint density at radius 3 is 2.55 bits per heavy atom. The summed E-state index contributed by atoms with van der Waals surface area (Å²) < 4.78 is 17.1. The quantitative estimate of drug-likeness (QED) is 0.659. The molecule has 0 bridgehead atoms. The van der Waals surface area contributed by atoms with Gasteiger partial charge < -0.3 is 24.0 Å². The molecule has 29 heavy (non-hydrogen) atoms. The van der Waals surface area contributed by atoms with Crippen molar-refractivity contribution >= 4 is 12.0 Å². The van der Waals surface area contributed by atoms with Crippen LogP contribution in [0.1, 0.15) is 31.2 Å². The number of carbonyl (C=O) groups is 1. The van der Waals surface area contributed by atoms with Gasteiger partial charge in [-0.3, -0.25) is 4.79 Å². The van der Waals surface area contributed by atoms with Crippen LogP contribution in [-0.4, -0.2) is 74.9 Å². The Bertz CT molecular complexity index is 718. The molecule has 3 fully saturated rings. The maximum Gasteiger partial charge on any atom is 0.246 e. The van der Waals surface area contributed by atoms with Crippen molar-refractivity contribution in [2.45, 2.75) is 31.8 Å². The topological polar surface area (TPSA) is 51.2 Å². The minimum absolute atomic E-state index is 0.0190. The Hall–Kier alpha value is -2.05. The van der Waals surface area contributed by atoms with Crippen LogP contribution in [0, 0.1) is 5.92 Å².